The molecule has 1 saturated heterocycles. The Kier molecular flexibility index (Phi) is 4.22. The molecule has 0 radical (unpaired) electrons. The molecule has 0 unspecified atom stereocenters. The molecule has 1 saturated carbocycles. The average molecular weight is 254 g/mol. The van der Waals surface area contributed by atoms with Crippen molar-refractivity contribution in [2.45, 2.75) is 32.6 Å². The fraction of sp³-hybridized carbons (Fsp3) is 0.846. The lowest BCUT2D eigenvalue weighted by molar-refractivity contribution is -0.147. The van der Waals surface area contributed by atoms with Crippen LogP contribution >= 0.6 is 0 Å². The van der Waals surface area contributed by atoms with Crippen molar-refractivity contribution < 1.29 is 14.3 Å². The molecule has 0 aromatic rings. The molecule has 1 heterocycles. The van der Waals surface area contributed by atoms with Crippen LogP contribution in [0.4, 0.5) is 0 Å². The van der Waals surface area contributed by atoms with Crippen LogP contribution in [0.25, 0.3) is 0 Å². The molecule has 102 valence electrons. The van der Waals surface area contributed by atoms with Crippen molar-refractivity contribution in [2.24, 2.45) is 5.41 Å². The summed E-state index contributed by atoms with van der Waals surface area (Å²) in [4.78, 5) is 26.2. The second-order valence-electron chi connectivity index (χ2n) is 5.10. The third kappa shape index (κ3) is 2.66. The standard InChI is InChI=1S/C13H22N2O3/c1-2-3-6-14-11(16)13(4-5-13)12(17)15-7-9-18-10-8-15/h2-10H2,1H3,(H,14,16). The Bertz CT molecular complexity index is 320. The molecule has 1 aliphatic carbocycles. The largest absolute Gasteiger partial charge is 0.378 e. The number of carbonyl (C=O) groups excluding carboxylic acids is 2. The lowest BCUT2D eigenvalue weighted by atomic mass is 10.0. The summed E-state index contributed by atoms with van der Waals surface area (Å²) in [7, 11) is 0. The lowest BCUT2D eigenvalue weighted by Crippen LogP contribution is -2.49. The van der Waals surface area contributed by atoms with E-state index in [4.69, 9.17) is 4.74 Å². The maximum Gasteiger partial charge on any atom is 0.238 e. The van der Waals surface area contributed by atoms with Crippen molar-refractivity contribution in [3.8, 4) is 0 Å². The van der Waals surface area contributed by atoms with Crippen LogP contribution in [0.2, 0.25) is 0 Å². The van der Waals surface area contributed by atoms with Crippen LogP contribution in [0.5, 0.6) is 0 Å². The van der Waals surface area contributed by atoms with Gasteiger partial charge in [-0.05, 0) is 19.3 Å². The zero-order valence-corrected chi connectivity index (χ0v) is 11.0. The van der Waals surface area contributed by atoms with Crippen LogP contribution in [0.1, 0.15) is 32.6 Å². The minimum absolute atomic E-state index is 0.000187. The smallest absolute Gasteiger partial charge is 0.238 e. The van der Waals surface area contributed by atoms with Gasteiger partial charge >= 0.3 is 0 Å². The summed E-state index contributed by atoms with van der Waals surface area (Å²) in [6.07, 6.45) is 3.40. The molecular weight excluding hydrogens is 232 g/mol. The molecule has 2 aliphatic rings. The number of unbranched alkanes of at least 4 members (excludes halogenated alkanes) is 1. The van der Waals surface area contributed by atoms with Gasteiger partial charge in [-0.25, -0.2) is 0 Å². The summed E-state index contributed by atoms with van der Waals surface area (Å²) in [5.41, 5.74) is -0.745. The van der Waals surface area contributed by atoms with Gasteiger partial charge in [-0.2, -0.15) is 0 Å². The third-order valence-electron chi connectivity index (χ3n) is 3.71. The normalized spacial score (nSPS) is 21.5. The van der Waals surface area contributed by atoms with Crippen LogP contribution in [0.3, 0.4) is 0 Å². The molecule has 2 fully saturated rings. The van der Waals surface area contributed by atoms with Gasteiger partial charge in [0.15, 0.2) is 0 Å². The van der Waals surface area contributed by atoms with Crippen molar-refractivity contribution >= 4 is 11.8 Å². The highest BCUT2D eigenvalue weighted by Gasteiger charge is 2.57. The van der Waals surface area contributed by atoms with Crippen molar-refractivity contribution in [1.82, 2.24) is 10.2 Å². The minimum atomic E-state index is -0.745. The van der Waals surface area contributed by atoms with E-state index in [-0.39, 0.29) is 11.8 Å². The fourth-order valence-electron chi connectivity index (χ4n) is 2.28. The SMILES string of the molecule is CCCCNC(=O)C1(C(=O)N2CCOCC2)CC1. The summed E-state index contributed by atoms with van der Waals surface area (Å²) in [5.74, 6) is -0.0766. The Balaban J connectivity index is 1.89. The number of nitrogens with zero attached hydrogens (tertiary/aromatic N) is 1. The zero-order valence-electron chi connectivity index (χ0n) is 11.0. The number of rotatable bonds is 5. The van der Waals surface area contributed by atoms with E-state index in [0.29, 0.717) is 45.7 Å². The number of hydrogen-bond donors (Lipinski definition) is 1. The summed E-state index contributed by atoms with van der Waals surface area (Å²) in [5, 5.41) is 2.89. The first-order valence-electron chi connectivity index (χ1n) is 6.86. The molecule has 18 heavy (non-hydrogen) atoms. The van der Waals surface area contributed by atoms with Crippen molar-refractivity contribution in [1.29, 1.82) is 0 Å². The Labute approximate surface area is 108 Å². The van der Waals surface area contributed by atoms with Gasteiger partial charge in [-0.3, -0.25) is 9.59 Å². The van der Waals surface area contributed by atoms with Crippen LogP contribution in [-0.4, -0.2) is 49.6 Å². The second-order valence-corrected chi connectivity index (χ2v) is 5.10. The molecule has 5 nitrogen and oxygen atoms in total. The summed E-state index contributed by atoms with van der Waals surface area (Å²) in [6, 6.07) is 0. The summed E-state index contributed by atoms with van der Waals surface area (Å²) >= 11 is 0. The van der Waals surface area contributed by atoms with E-state index in [9.17, 15) is 9.59 Å². The van der Waals surface area contributed by atoms with Gasteiger partial charge in [0, 0.05) is 19.6 Å². The van der Waals surface area contributed by atoms with E-state index < -0.39 is 5.41 Å². The predicted octanol–water partition coefficient (Wildman–Crippen LogP) is 0.542. The molecule has 1 aliphatic heterocycles. The predicted molar refractivity (Wildman–Crippen MR) is 67.0 cm³/mol. The Morgan fingerprint density at radius 2 is 1.94 bits per heavy atom. The van der Waals surface area contributed by atoms with Crippen LogP contribution in [0.15, 0.2) is 0 Å². The van der Waals surface area contributed by atoms with E-state index in [1.165, 1.54) is 0 Å². The minimum Gasteiger partial charge on any atom is -0.378 e. The van der Waals surface area contributed by atoms with Gasteiger partial charge in [0.05, 0.1) is 13.2 Å². The number of amides is 2. The first-order valence-corrected chi connectivity index (χ1v) is 6.86. The third-order valence-corrected chi connectivity index (χ3v) is 3.71. The van der Waals surface area contributed by atoms with E-state index in [2.05, 4.69) is 12.2 Å². The fourth-order valence-corrected chi connectivity index (χ4v) is 2.28. The van der Waals surface area contributed by atoms with Gasteiger partial charge in [0.1, 0.15) is 5.41 Å². The van der Waals surface area contributed by atoms with Crippen molar-refractivity contribution in [3.63, 3.8) is 0 Å². The van der Waals surface area contributed by atoms with Crippen molar-refractivity contribution in [3.05, 3.63) is 0 Å². The Hall–Kier alpha value is -1.10. The summed E-state index contributed by atoms with van der Waals surface area (Å²) < 4.78 is 5.23. The van der Waals surface area contributed by atoms with E-state index in [1.807, 2.05) is 0 Å². The van der Waals surface area contributed by atoms with E-state index >= 15 is 0 Å². The van der Waals surface area contributed by atoms with Gasteiger partial charge in [-0.1, -0.05) is 13.3 Å². The molecule has 1 N–H and O–H groups in total. The van der Waals surface area contributed by atoms with Gasteiger partial charge in [0.2, 0.25) is 11.8 Å². The molecule has 2 rings (SSSR count). The van der Waals surface area contributed by atoms with Crippen LogP contribution in [0, 0.1) is 5.41 Å². The summed E-state index contributed by atoms with van der Waals surface area (Å²) in [6.45, 7) is 5.15. The Morgan fingerprint density at radius 3 is 2.50 bits per heavy atom. The lowest BCUT2D eigenvalue weighted by Gasteiger charge is -2.30. The highest BCUT2D eigenvalue weighted by atomic mass is 16.5. The molecule has 0 aromatic carbocycles. The number of hydrogen-bond acceptors (Lipinski definition) is 3. The topological polar surface area (TPSA) is 58.6 Å². The second kappa shape index (κ2) is 5.69. The number of ether oxygens (including phenoxy) is 1. The zero-order chi connectivity index (χ0) is 13.0. The van der Waals surface area contributed by atoms with Crippen molar-refractivity contribution in [2.75, 3.05) is 32.8 Å². The molecule has 0 aromatic heterocycles. The first-order chi connectivity index (χ1) is 8.70. The molecule has 0 bridgehead atoms. The molecular formula is C13H22N2O3. The van der Waals surface area contributed by atoms with Gasteiger partial charge in [-0.15, -0.1) is 0 Å². The van der Waals surface area contributed by atoms with Crippen LogP contribution in [-0.2, 0) is 14.3 Å². The van der Waals surface area contributed by atoms with E-state index in [1.54, 1.807) is 4.90 Å². The van der Waals surface area contributed by atoms with E-state index in [0.717, 1.165) is 12.8 Å². The van der Waals surface area contributed by atoms with Gasteiger partial charge < -0.3 is 15.0 Å². The number of morpholine rings is 1. The van der Waals surface area contributed by atoms with Gasteiger partial charge in [0.25, 0.3) is 0 Å². The Morgan fingerprint density at radius 1 is 1.28 bits per heavy atom. The molecule has 0 atom stereocenters. The van der Waals surface area contributed by atoms with Crippen LogP contribution < -0.4 is 5.32 Å². The monoisotopic (exact) mass is 254 g/mol. The molecule has 2 amide bonds. The number of carbonyl (C=O) groups is 2. The first kappa shape index (κ1) is 13.3. The molecule has 5 heteroatoms. The molecule has 0 spiro atoms. The average Bonchev–Trinajstić information content (AvgIpc) is 3.20. The quantitative estimate of drug-likeness (QED) is 0.575. The number of nitrogens with one attached hydrogen (secondary N) is 1. The maximum atomic E-state index is 12.4. The maximum absolute atomic E-state index is 12.4. The highest BCUT2D eigenvalue weighted by molar-refractivity contribution is 6.07. The highest BCUT2D eigenvalue weighted by Crippen LogP contribution is 2.47.